The van der Waals surface area contributed by atoms with E-state index in [4.69, 9.17) is 4.74 Å². The van der Waals surface area contributed by atoms with Crippen LogP contribution in [0.3, 0.4) is 0 Å². The number of nitrogens with one attached hydrogen (secondary N) is 1. The molecule has 3 nitrogen and oxygen atoms in total. The monoisotopic (exact) mass is 266 g/mol. The quantitative estimate of drug-likeness (QED) is 0.905. The Morgan fingerprint density at radius 2 is 2.26 bits per heavy atom. The zero-order valence-electron chi connectivity index (χ0n) is 11.9. The summed E-state index contributed by atoms with van der Waals surface area (Å²) >= 11 is 0. The maximum atomic E-state index is 13.9. The van der Waals surface area contributed by atoms with E-state index in [9.17, 15) is 4.39 Å². The Kier molecular flexibility index (Phi) is 4.77. The Hall–Kier alpha value is -1.13. The molecule has 106 valence electrons. The van der Waals surface area contributed by atoms with Gasteiger partial charge in [0.1, 0.15) is 5.82 Å². The number of piperidine rings is 1. The normalized spacial score (nSPS) is 23.7. The molecule has 0 radical (unpaired) electrons. The lowest BCUT2D eigenvalue weighted by molar-refractivity contribution is 0.0498. The topological polar surface area (TPSA) is 24.5 Å². The lowest BCUT2D eigenvalue weighted by Gasteiger charge is -2.38. The molecule has 0 aromatic heterocycles. The Labute approximate surface area is 114 Å². The third-order valence-corrected chi connectivity index (χ3v) is 3.98. The molecule has 1 aromatic carbocycles. The molecule has 0 bridgehead atoms. The van der Waals surface area contributed by atoms with Gasteiger partial charge < -0.3 is 15.0 Å². The number of hydrogen-bond acceptors (Lipinski definition) is 3. The number of nitrogens with zero attached hydrogens (tertiary/aromatic N) is 1. The predicted octanol–water partition coefficient (Wildman–Crippen LogP) is 2.41. The van der Waals surface area contributed by atoms with Gasteiger partial charge in [-0.2, -0.15) is 0 Å². The largest absolute Gasteiger partial charge is 0.379 e. The molecule has 0 saturated carbocycles. The molecule has 1 saturated heterocycles. The van der Waals surface area contributed by atoms with Gasteiger partial charge in [0, 0.05) is 38.0 Å². The highest BCUT2D eigenvalue weighted by molar-refractivity contribution is 5.54. The van der Waals surface area contributed by atoms with E-state index in [2.05, 4.69) is 17.1 Å². The van der Waals surface area contributed by atoms with Gasteiger partial charge in [0.05, 0.1) is 6.10 Å². The molecule has 1 aliphatic rings. The van der Waals surface area contributed by atoms with Crippen molar-refractivity contribution in [3.8, 4) is 0 Å². The molecule has 2 rings (SSSR count). The van der Waals surface area contributed by atoms with Crippen molar-refractivity contribution in [3.05, 3.63) is 29.6 Å². The molecule has 4 heteroatoms. The van der Waals surface area contributed by atoms with E-state index >= 15 is 0 Å². The fraction of sp³-hybridized carbons (Fsp3) is 0.600. The van der Waals surface area contributed by atoms with Gasteiger partial charge in [-0.25, -0.2) is 4.39 Å². The summed E-state index contributed by atoms with van der Waals surface area (Å²) in [6, 6.07) is 5.30. The minimum absolute atomic E-state index is 0.139. The number of hydrogen-bond donors (Lipinski definition) is 1. The average Bonchev–Trinajstić information content (AvgIpc) is 2.42. The highest BCUT2D eigenvalue weighted by Gasteiger charge is 2.27. The van der Waals surface area contributed by atoms with Gasteiger partial charge in [-0.05, 0) is 31.5 Å². The van der Waals surface area contributed by atoms with E-state index < -0.39 is 0 Å². The van der Waals surface area contributed by atoms with Gasteiger partial charge in [-0.3, -0.25) is 0 Å². The minimum atomic E-state index is -0.139. The fourth-order valence-electron chi connectivity index (χ4n) is 2.75. The van der Waals surface area contributed by atoms with Gasteiger partial charge >= 0.3 is 0 Å². The first-order valence-electron chi connectivity index (χ1n) is 6.87. The third kappa shape index (κ3) is 3.07. The number of anilines is 1. The molecule has 2 atom stereocenters. The Balaban J connectivity index is 2.24. The highest BCUT2D eigenvalue weighted by Crippen LogP contribution is 2.28. The Morgan fingerprint density at radius 1 is 1.47 bits per heavy atom. The maximum absolute atomic E-state index is 13.9. The molecule has 1 fully saturated rings. The van der Waals surface area contributed by atoms with Crippen LogP contribution in [-0.2, 0) is 11.3 Å². The summed E-state index contributed by atoms with van der Waals surface area (Å²) in [6.45, 7) is 4.55. The van der Waals surface area contributed by atoms with Crippen molar-refractivity contribution in [3.63, 3.8) is 0 Å². The first kappa shape index (κ1) is 14.3. The molecular formula is C15H23FN2O. The number of benzene rings is 1. The second-order valence-corrected chi connectivity index (χ2v) is 5.25. The summed E-state index contributed by atoms with van der Waals surface area (Å²) in [4.78, 5) is 2.24. The van der Waals surface area contributed by atoms with Crippen molar-refractivity contribution in [1.29, 1.82) is 0 Å². The molecule has 1 heterocycles. The number of ether oxygens (including phenoxy) is 1. The van der Waals surface area contributed by atoms with Crippen LogP contribution in [0.4, 0.5) is 10.1 Å². The van der Waals surface area contributed by atoms with Crippen molar-refractivity contribution in [2.75, 3.05) is 32.1 Å². The summed E-state index contributed by atoms with van der Waals surface area (Å²) in [6.07, 6.45) is 1.30. The second kappa shape index (κ2) is 6.35. The Morgan fingerprint density at radius 3 is 2.95 bits per heavy atom. The van der Waals surface area contributed by atoms with Crippen LogP contribution in [0.1, 0.15) is 18.9 Å². The van der Waals surface area contributed by atoms with E-state index in [1.165, 1.54) is 6.07 Å². The molecule has 1 N–H and O–H groups in total. The molecule has 1 aliphatic heterocycles. The number of halogens is 1. The van der Waals surface area contributed by atoms with Crippen LogP contribution in [0.5, 0.6) is 0 Å². The van der Waals surface area contributed by atoms with Crippen LogP contribution in [-0.4, -0.2) is 33.4 Å². The standard InChI is InChI=1S/C15H23FN2O/c1-11-7-8-18(10-15(11)19-3)14-6-4-5-13(16)12(14)9-17-2/h4-6,11,15,17H,7-10H2,1-3H3. The molecule has 1 aromatic rings. The second-order valence-electron chi connectivity index (χ2n) is 5.25. The van der Waals surface area contributed by atoms with Crippen molar-refractivity contribution < 1.29 is 9.13 Å². The van der Waals surface area contributed by atoms with Gasteiger partial charge in [0.15, 0.2) is 0 Å². The van der Waals surface area contributed by atoms with Gasteiger partial charge in [0.25, 0.3) is 0 Å². The summed E-state index contributed by atoms with van der Waals surface area (Å²) < 4.78 is 19.5. The molecule has 2 unspecified atom stereocenters. The highest BCUT2D eigenvalue weighted by atomic mass is 19.1. The van der Waals surface area contributed by atoms with E-state index in [1.54, 1.807) is 13.2 Å². The van der Waals surface area contributed by atoms with Crippen molar-refractivity contribution in [2.45, 2.75) is 26.0 Å². The van der Waals surface area contributed by atoms with E-state index in [0.717, 1.165) is 30.8 Å². The van der Waals surface area contributed by atoms with Gasteiger partial charge in [0.2, 0.25) is 0 Å². The van der Waals surface area contributed by atoms with Gasteiger partial charge in [-0.15, -0.1) is 0 Å². The average molecular weight is 266 g/mol. The van der Waals surface area contributed by atoms with Crippen LogP contribution < -0.4 is 10.2 Å². The van der Waals surface area contributed by atoms with Crippen LogP contribution in [0, 0.1) is 11.7 Å². The number of rotatable bonds is 4. The van der Waals surface area contributed by atoms with Crippen LogP contribution >= 0.6 is 0 Å². The minimum Gasteiger partial charge on any atom is -0.379 e. The summed E-state index contributed by atoms with van der Waals surface area (Å²) in [7, 11) is 3.59. The van der Waals surface area contributed by atoms with Crippen LogP contribution in [0.2, 0.25) is 0 Å². The maximum Gasteiger partial charge on any atom is 0.129 e. The summed E-state index contributed by atoms with van der Waals surface area (Å²) in [5, 5.41) is 3.04. The first-order chi connectivity index (χ1) is 9.17. The van der Waals surface area contributed by atoms with E-state index in [1.807, 2.05) is 13.1 Å². The molecular weight excluding hydrogens is 243 g/mol. The molecule has 0 aliphatic carbocycles. The molecule has 0 amide bonds. The number of methoxy groups -OCH3 is 1. The molecule has 0 spiro atoms. The van der Waals surface area contributed by atoms with Crippen LogP contribution in [0.25, 0.3) is 0 Å². The van der Waals surface area contributed by atoms with Gasteiger partial charge in [-0.1, -0.05) is 13.0 Å². The Bertz CT molecular complexity index is 425. The summed E-state index contributed by atoms with van der Waals surface area (Å²) in [5.74, 6) is 0.419. The smallest absolute Gasteiger partial charge is 0.129 e. The van der Waals surface area contributed by atoms with Crippen molar-refractivity contribution >= 4 is 5.69 Å². The van der Waals surface area contributed by atoms with Crippen molar-refractivity contribution in [1.82, 2.24) is 5.32 Å². The SMILES string of the molecule is CNCc1c(F)cccc1N1CCC(C)C(OC)C1. The lowest BCUT2D eigenvalue weighted by Crippen LogP contribution is -2.44. The fourth-order valence-corrected chi connectivity index (χ4v) is 2.75. The zero-order chi connectivity index (χ0) is 13.8. The van der Waals surface area contributed by atoms with E-state index in [0.29, 0.717) is 12.5 Å². The van der Waals surface area contributed by atoms with Crippen molar-refractivity contribution in [2.24, 2.45) is 5.92 Å². The lowest BCUT2D eigenvalue weighted by atomic mass is 9.95. The molecule has 19 heavy (non-hydrogen) atoms. The third-order valence-electron chi connectivity index (χ3n) is 3.98. The first-order valence-corrected chi connectivity index (χ1v) is 6.87. The predicted molar refractivity (Wildman–Crippen MR) is 76.0 cm³/mol. The summed E-state index contributed by atoms with van der Waals surface area (Å²) in [5.41, 5.74) is 1.73. The zero-order valence-corrected chi connectivity index (χ0v) is 11.9. The van der Waals surface area contributed by atoms with E-state index in [-0.39, 0.29) is 11.9 Å². The van der Waals surface area contributed by atoms with Crippen LogP contribution in [0.15, 0.2) is 18.2 Å².